The van der Waals surface area contributed by atoms with E-state index in [4.69, 9.17) is 0 Å². The minimum atomic E-state index is -4.60. The van der Waals surface area contributed by atoms with Crippen molar-refractivity contribution in [2.24, 2.45) is 11.8 Å². The summed E-state index contributed by atoms with van der Waals surface area (Å²) in [5.41, 5.74) is 0.582. The second-order valence-corrected chi connectivity index (χ2v) is 7.23. The first-order chi connectivity index (χ1) is 12.5. The van der Waals surface area contributed by atoms with E-state index in [-0.39, 0.29) is 23.5 Å². The Hall–Kier alpha value is -2.58. The quantitative estimate of drug-likeness (QED) is 0.881. The molecule has 0 saturated carbocycles. The number of carboxylic acid groups (broad SMARTS) is 1. The highest BCUT2D eigenvalue weighted by atomic mass is 19.4. The van der Waals surface area contributed by atoms with Crippen LogP contribution in [-0.2, 0) is 11.0 Å². The molecule has 1 aliphatic heterocycles. The normalized spacial score (nSPS) is 20.6. The highest BCUT2D eigenvalue weighted by molar-refractivity contribution is 5.98. The number of aliphatic carboxylic acids is 1. The van der Waals surface area contributed by atoms with Gasteiger partial charge in [-0.2, -0.15) is 13.2 Å². The smallest absolute Gasteiger partial charge is 0.449 e. The molecule has 0 spiro atoms. The minimum Gasteiger partial charge on any atom is -0.481 e. The number of hydrogen-bond donors (Lipinski definition) is 1. The molecule has 1 amide bonds. The number of fused-ring (bicyclic) bond motifs is 1. The van der Waals surface area contributed by atoms with Crippen LogP contribution >= 0.6 is 0 Å². The first-order valence-corrected chi connectivity index (χ1v) is 8.62. The molecular formula is C18H20F3N3O3. The van der Waals surface area contributed by atoms with E-state index in [0.29, 0.717) is 12.1 Å². The van der Waals surface area contributed by atoms with E-state index in [1.165, 1.54) is 23.1 Å². The fourth-order valence-electron chi connectivity index (χ4n) is 3.59. The largest absolute Gasteiger partial charge is 0.481 e. The molecule has 1 aromatic heterocycles. The predicted molar refractivity (Wildman–Crippen MR) is 91.3 cm³/mol. The SMILES string of the molecule is CC(C)n1c(C(F)(F)F)nc2cc(C(=O)N3C[C@@H](C)[C@H](C(=O)O)C3)ccc21. The molecule has 2 aromatic rings. The summed E-state index contributed by atoms with van der Waals surface area (Å²) in [6.07, 6.45) is -4.60. The summed E-state index contributed by atoms with van der Waals surface area (Å²) in [6.45, 7) is 5.40. The van der Waals surface area contributed by atoms with Crippen LogP contribution in [0.1, 0.15) is 43.0 Å². The van der Waals surface area contributed by atoms with Crippen LogP contribution in [0, 0.1) is 11.8 Å². The lowest BCUT2D eigenvalue weighted by atomic mass is 9.99. The van der Waals surface area contributed by atoms with E-state index in [1.54, 1.807) is 20.8 Å². The van der Waals surface area contributed by atoms with Gasteiger partial charge in [0.05, 0.1) is 17.0 Å². The molecule has 1 fully saturated rings. The predicted octanol–water partition coefficient (Wildman–Crippen LogP) is 3.43. The summed E-state index contributed by atoms with van der Waals surface area (Å²) in [5.74, 6) is -3.20. The van der Waals surface area contributed by atoms with Crippen molar-refractivity contribution in [2.75, 3.05) is 13.1 Å². The highest BCUT2D eigenvalue weighted by Gasteiger charge is 2.39. The molecule has 1 N–H and O–H groups in total. The first-order valence-electron chi connectivity index (χ1n) is 8.62. The number of halogens is 3. The molecule has 2 heterocycles. The van der Waals surface area contributed by atoms with Gasteiger partial charge in [0, 0.05) is 24.7 Å². The summed E-state index contributed by atoms with van der Waals surface area (Å²) >= 11 is 0. The highest BCUT2D eigenvalue weighted by Crippen LogP contribution is 2.34. The maximum absolute atomic E-state index is 13.3. The van der Waals surface area contributed by atoms with Gasteiger partial charge in [0.1, 0.15) is 0 Å². The molecule has 0 unspecified atom stereocenters. The lowest BCUT2D eigenvalue weighted by Crippen LogP contribution is -2.29. The average molecular weight is 383 g/mol. The van der Waals surface area contributed by atoms with Crippen molar-refractivity contribution in [1.82, 2.24) is 14.5 Å². The van der Waals surface area contributed by atoms with Gasteiger partial charge in [-0.3, -0.25) is 9.59 Å². The van der Waals surface area contributed by atoms with Crippen LogP contribution in [0.2, 0.25) is 0 Å². The van der Waals surface area contributed by atoms with Gasteiger partial charge in [-0.15, -0.1) is 0 Å². The van der Waals surface area contributed by atoms with Crippen molar-refractivity contribution in [2.45, 2.75) is 33.0 Å². The van der Waals surface area contributed by atoms with E-state index >= 15 is 0 Å². The van der Waals surface area contributed by atoms with Gasteiger partial charge < -0.3 is 14.6 Å². The molecule has 0 bridgehead atoms. The molecule has 0 radical (unpaired) electrons. The number of aromatic nitrogens is 2. The number of carbonyl (C=O) groups excluding carboxylic acids is 1. The third-order valence-corrected chi connectivity index (χ3v) is 4.92. The standard InChI is InChI=1S/C18H20F3N3O3/c1-9(2)24-14-5-4-11(6-13(14)22-17(24)18(19,20)21)15(25)23-7-10(3)12(8-23)16(26)27/h4-6,9-10,12H,7-8H2,1-3H3,(H,26,27)/t10-,12-/m1/s1. The van der Waals surface area contributed by atoms with Crippen LogP contribution in [0.25, 0.3) is 11.0 Å². The zero-order chi connectivity index (χ0) is 20.1. The van der Waals surface area contributed by atoms with Gasteiger partial charge in [-0.25, -0.2) is 4.98 Å². The Morgan fingerprint density at radius 2 is 1.93 bits per heavy atom. The monoisotopic (exact) mass is 383 g/mol. The summed E-state index contributed by atoms with van der Waals surface area (Å²) in [7, 11) is 0. The van der Waals surface area contributed by atoms with Gasteiger partial charge in [-0.05, 0) is 38.0 Å². The lowest BCUT2D eigenvalue weighted by Gasteiger charge is -2.16. The summed E-state index contributed by atoms with van der Waals surface area (Å²) < 4.78 is 41.0. The zero-order valence-electron chi connectivity index (χ0n) is 15.1. The number of likely N-dealkylation sites (tertiary alicyclic amines) is 1. The van der Waals surface area contributed by atoms with Gasteiger partial charge in [0.15, 0.2) is 0 Å². The van der Waals surface area contributed by atoms with Gasteiger partial charge in [0.25, 0.3) is 5.91 Å². The maximum atomic E-state index is 13.3. The van der Waals surface area contributed by atoms with Gasteiger partial charge >= 0.3 is 12.1 Å². The molecule has 9 heteroatoms. The van der Waals surface area contributed by atoms with E-state index in [9.17, 15) is 27.9 Å². The van der Waals surface area contributed by atoms with Crippen LogP contribution in [0.4, 0.5) is 13.2 Å². The number of amides is 1. The molecule has 1 aromatic carbocycles. The summed E-state index contributed by atoms with van der Waals surface area (Å²) in [4.78, 5) is 29.1. The Morgan fingerprint density at radius 3 is 2.44 bits per heavy atom. The van der Waals surface area contributed by atoms with E-state index < -0.39 is 35.8 Å². The fraction of sp³-hybridized carbons (Fsp3) is 0.500. The van der Waals surface area contributed by atoms with E-state index in [1.807, 2.05) is 0 Å². The molecule has 0 aliphatic carbocycles. The number of carbonyl (C=O) groups is 2. The number of carboxylic acids is 1. The van der Waals surface area contributed by atoms with Crippen LogP contribution in [0.15, 0.2) is 18.2 Å². The molecular weight excluding hydrogens is 363 g/mol. The summed E-state index contributed by atoms with van der Waals surface area (Å²) in [6, 6.07) is 3.80. The van der Waals surface area contributed by atoms with Crippen molar-refractivity contribution in [3.8, 4) is 0 Å². The number of benzene rings is 1. The van der Waals surface area contributed by atoms with Crippen LogP contribution in [0.3, 0.4) is 0 Å². The Morgan fingerprint density at radius 1 is 1.26 bits per heavy atom. The summed E-state index contributed by atoms with van der Waals surface area (Å²) in [5, 5.41) is 9.20. The number of rotatable bonds is 3. The van der Waals surface area contributed by atoms with Gasteiger partial charge in [0.2, 0.25) is 5.82 Å². The fourth-order valence-corrected chi connectivity index (χ4v) is 3.59. The third-order valence-electron chi connectivity index (χ3n) is 4.92. The zero-order valence-corrected chi connectivity index (χ0v) is 15.1. The molecule has 146 valence electrons. The molecule has 1 aliphatic rings. The van der Waals surface area contributed by atoms with Gasteiger partial charge in [-0.1, -0.05) is 6.92 Å². The van der Waals surface area contributed by atoms with Crippen LogP contribution in [0.5, 0.6) is 0 Å². The van der Waals surface area contributed by atoms with Crippen LogP contribution < -0.4 is 0 Å². The second-order valence-electron chi connectivity index (χ2n) is 7.23. The van der Waals surface area contributed by atoms with Crippen molar-refractivity contribution in [3.05, 3.63) is 29.6 Å². The Labute approximate surface area is 153 Å². The van der Waals surface area contributed by atoms with Crippen LogP contribution in [-0.4, -0.2) is 44.5 Å². The van der Waals surface area contributed by atoms with Crippen molar-refractivity contribution in [1.29, 1.82) is 0 Å². The Balaban J connectivity index is 1.98. The molecule has 3 rings (SSSR count). The van der Waals surface area contributed by atoms with Crippen molar-refractivity contribution < 1.29 is 27.9 Å². The number of hydrogen-bond acceptors (Lipinski definition) is 3. The van der Waals surface area contributed by atoms with Crippen molar-refractivity contribution >= 4 is 22.9 Å². The number of alkyl halides is 3. The minimum absolute atomic E-state index is 0.0849. The lowest BCUT2D eigenvalue weighted by molar-refractivity contribution is -0.147. The Bertz CT molecular complexity index is 904. The molecule has 2 atom stereocenters. The third kappa shape index (κ3) is 3.38. The molecule has 27 heavy (non-hydrogen) atoms. The average Bonchev–Trinajstić information content (AvgIpc) is 3.13. The topological polar surface area (TPSA) is 75.4 Å². The number of nitrogens with zero attached hydrogens (tertiary/aromatic N) is 3. The second kappa shape index (κ2) is 6.54. The maximum Gasteiger partial charge on any atom is 0.449 e. The first kappa shape index (κ1) is 19.2. The Kier molecular flexibility index (Phi) is 4.65. The molecule has 1 saturated heterocycles. The van der Waals surface area contributed by atoms with E-state index in [0.717, 1.165) is 4.57 Å². The molecule has 6 nitrogen and oxygen atoms in total. The number of imidazole rings is 1. The van der Waals surface area contributed by atoms with E-state index in [2.05, 4.69) is 4.98 Å². The van der Waals surface area contributed by atoms with Crippen molar-refractivity contribution in [3.63, 3.8) is 0 Å².